The fourth-order valence-electron chi connectivity index (χ4n) is 1.77. The zero-order valence-electron chi connectivity index (χ0n) is 11.4. The molecule has 2 aromatic rings. The molecule has 0 radical (unpaired) electrons. The molecular weight excluding hydrogens is 421 g/mol. The van der Waals surface area contributed by atoms with Crippen molar-refractivity contribution >= 4 is 43.5 Å². The molecule has 0 N–H and O–H groups in total. The van der Waals surface area contributed by atoms with Gasteiger partial charge in [0.25, 0.3) is 0 Å². The predicted octanol–water partition coefficient (Wildman–Crippen LogP) is 5.37. The predicted molar refractivity (Wildman–Crippen MR) is 91.5 cm³/mol. The number of nitrogens with zero attached hydrogens (tertiary/aromatic N) is 1. The first-order chi connectivity index (χ1) is 10.2. The van der Waals surface area contributed by atoms with E-state index in [9.17, 15) is 0 Å². The summed E-state index contributed by atoms with van der Waals surface area (Å²) in [6, 6.07) is 5.80. The minimum absolute atomic E-state index is 0.355. The molecule has 0 fully saturated rings. The zero-order valence-corrected chi connectivity index (χ0v) is 15.3. The van der Waals surface area contributed by atoms with Gasteiger partial charge < -0.3 is 9.47 Å². The number of halogens is 3. The second kappa shape index (κ2) is 8.01. The van der Waals surface area contributed by atoms with Crippen LogP contribution in [0.3, 0.4) is 0 Å². The van der Waals surface area contributed by atoms with Crippen molar-refractivity contribution < 1.29 is 9.47 Å². The van der Waals surface area contributed by atoms with Gasteiger partial charge >= 0.3 is 0 Å². The van der Waals surface area contributed by atoms with Crippen LogP contribution in [0.25, 0.3) is 0 Å². The van der Waals surface area contributed by atoms with Gasteiger partial charge in [-0.1, -0.05) is 27.5 Å². The molecule has 0 atom stereocenters. The second-order valence-electron chi connectivity index (χ2n) is 4.23. The third-order valence-electron chi connectivity index (χ3n) is 2.75. The molecule has 0 amide bonds. The molecule has 0 aliphatic rings. The lowest BCUT2D eigenvalue weighted by molar-refractivity contribution is 0.267. The molecule has 112 valence electrons. The van der Waals surface area contributed by atoms with Gasteiger partial charge in [0.1, 0.15) is 6.61 Å². The third kappa shape index (κ3) is 4.34. The Kier molecular flexibility index (Phi) is 6.33. The molecule has 1 aromatic carbocycles. The number of aromatic nitrogens is 1. The van der Waals surface area contributed by atoms with E-state index in [0.717, 1.165) is 20.9 Å². The summed E-state index contributed by atoms with van der Waals surface area (Å²) in [5.74, 6) is 1.39. The average molecular weight is 436 g/mol. The number of hydrogen-bond acceptors (Lipinski definition) is 3. The largest absolute Gasteiger partial charge is 0.490 e. The van der Waals surface area contributed by atoms with Crippen LogP contribution in [0.15, 0.2) is 35.1 Å². The number of alkyl halides is 1. The van der Waals surface area contributed by atoms with Crippen LogP contribution >= 0.6 is 43.5 Å². The van der Waals surface area contributed by atoms with Crippen LogP contribution in [0, 0.1) is 0 Å². The second-order valence-corrected chi connectivity index (χ2v) is 6.05. The van der Waals surface area contributed by atoms with Crippen LogP contribution in [0.4, 0.5) is 0 Å². The Bertz CT molecular complexity index is 623. The van der Waals surface area contributed by atoms with Crippen molar-refractivity contribution in [2.45, 2.75) is 18.9 Å². The molecule has 0 aliphatic heterocycles. The summed E-state index contributed by atoms with van der Waals surface area (Å²) in [5.41, 5.74) is 1.99. The van der Waals surface area contributed by atoms with E-state index in [1.807, 2.05) is 25.1 Å². The molecule has 6 heteroatoms. The first-order valence-electron chi connectivity index (χ1n) is 6.38. The van der Waals surface area contributed by atoms with Gasteiger partial charge in [0.05, 0.1) is 16.1 Å². The minimum Gasteiger partial charge on any atom is -0.490 e. The molecule has 3 nitrogen and oxygen atoms in total. The Morgan fingerprint density at radius 1 is 1.29 bits per heavy atom. The van der Waals surface area contributed by atoms with Gasteiger partial charge in [0.15, 0.2) is 11.5 Å². The fourth-order valence-corrected chi connectivity index (χ4v) is 2.87. The van der Waals surface area contributed by atoms with Crippen LogP contribution in [-0.2, 0) is 11.9 Å². The van der Waals surface area contributed by atoms with Gasteiger partial charge in [-0.25, -0.2) is 0 Å². The standard InChI is InChI=1S/C15H14Br2ClNO2/c1-2-20-14-6-10(7-16)5-12(17)15(14)21-9-11-3-4-19-8-13(11)18/h3-6,8H,2,7,9H2,1H3. The highest BCUT2D eigenvalue weighted by Crippen LogP contribution is 2.38. The molecule has 21 heavy (non-hydrogen) atoms. The van der Waals surface area contributed by atoms with E-state index in [4.69, 9.17) is 21.1 Å². The lowest BCUT2D eigenvalue weighted by Gasteiger charge is -2.15. The smallest absolute Gasteiger partial charge is 0.175 e. The molecule has 0 spiro atoms. The molecule has 2 rings (SSSR count). The Labute approximate surface area is 145 Å². The van der Waals surface area contributed by atoms with Crippen molar-refractivity contribution in [3.63, 3.8) is 0 Å². The zero-order chi connectivity index (χ0) is 15.2. The summed E-state index contributed by atoms with van der Waals surface area (Å²) in [4.78, 5) is 3.96. The molecule has 1 heterocycles. The molecular formula is C15H14Br2ClNO2. The van der Waals surface area contributed by atoms with E-state index >= 15 is 0 Å². The van der Waals surface area contributed by atoms with E-state index in [1.165, 1.54) is 0 Å². The van der Waals surface area contributed by atoms with Gasteiger partial charge in [-0.15, -0.1) is 0 Å². The Morgan fingerprint density at radius 3 is 2.76 bits per heavy atom. The SMILES string of the molecule is CCOc1cc(CBr)cc(Br)c1OCc1ccncc1Cl. The Balaban J connectivity index is 2.24. The van der Waals surface area contributed by atoms with Gasteiger partial charge in [-0.3, -0.25) is 4.98 Å². The van der Waals surface area contributed by atoms with E-state index in [2.05, 4.69) is 36.8 Å². The van der Waals surface area contributed by atoms with Crippen molar-refractivity contribution in [2.24, 2.45) is 0 Å². The molecule has 0 aliphatic carbocycles. The normalized spacial score (nSPS) is 10.5. The lowest BCUT2D eigenvalue weighted by Crippen LogP contribution is -2.02. The fraction of sp³-hybridized carbons (Fsp3) is 0.267. The molecule has 1 aromatic heterocycles. The molecule has 0 bridgehead atoms. The van der Waals surface area contributed by atoms with Crippen molar-refractivity contribution in [1.29, 1.82) is 0 Å². The summed E-state index contributed by atoms with van der Waals surface area (Å²) in [5, 5.41) is 1.34. The maximum Gasteiger partial charge on any atom is 0.175 e. The number of benzene rings is 1. The number of ether oxygens (including phenoxy) is 2. The Morgan fingerprint density at radius 2 is 2.10 bits per heavy atom. The summed E-state index contributed by atoms with van der Waals surface area (Å²) in [6.45, 7) is 2.87. The van der Waals surface area contributed by atoms with Gasteiger partial charge in [0.2, 0.25) is 0 Å². The van der Waals surface area contributed by atoms with Crippen LogP contribution in [-0.4, -0.2) is 11.6 Å². The lowest BCUT2D eigenvalue weighted by atomic mass is 10.2. The highest BCUT2D eigenvalue weighted by molar-refractivity contribution is 9.10. The van der Waals surface area contributed by atoms with Crippen LogP contribution in [0.2, 0.25) is 5.02 Å². The van der Waals surface area contributed by atoms with Crippen LogP contribution in [0.1, 0.15) is 18.1 Å². The molecule has 0 saturated heterocycles. The quantitative estimate of drug-likeness (QED) is 0.572. The highest BCUT2D eigenvalue weighted by Gasteiger charge is 2.13. The van der Waals surface area contributed by atoms with E-state index in [0.29, 0.717) is 29.7 Å². The topological polar surface area (TPSA) is 31.4 Å². The number of hydrogen-bond donors (Lipinski definition) is 0. The van der Waals surface area contributed by atoms with E-state index in [1.54, 1.807) is 12.4 Å². The first kappa shape index (κ1) is 16.6. The Hall–Kier alpha value is -0.780. The summed E-state index contributed by atoms with van der Waals surface area (Å²) in [6.07, 6.45) is 3.30. The highest BCUT2D eigenvalue weighted by atomic mass is 79.9. The summed E-state index contributed by atoms with van der Waals surface area (Å²) >= 11 is 13.1. The maximum absolute atomic E-state index is 6.09. The monoisotopic (exact) mass is 433 g/mol. The molecule has 0 unspecified atom stereocenters. The van der Waals surface area contributed by atoms with Crippen LogP contribution < -0.4 is 9.47 Å². The van der Waals surface area contributed by atoms with E-state index in [-0.39, 0.29) is 0 Å². The summed E-state index contributed by atoms with van der Waals surface area (Å²) in [7, 11) is 0. The van der Waals surface area contributed by atoms with Crippen molar-refractivity contribution in [1.82, 2.24) is 4.98 Å². The molecule has 0 saturated carbocycles. The minimum atomic E-state index is 0.355. The van der Waals surface area contributed by atoms with Crippen molar-refractivity contribution in [3.8, 4) is 11.5 Å². The van der Waals surface area contributed by atoms with Gasteiger partial charge in [-0.2, -0.15) is 0 Å². The van der Waals surface area contributed by atoms with Gasteiger partial charge in [-0.05, 0) is 46.6 Å². The van der Waals surface area contributed by atoms with Crippen molar-refractivity contribution in [2.75, 3.05) is 6.61 Å². The number of pyridine rings is 1. The maximum atomic E-state index is 6.09. The van der Waals surface area contributed by atoms with E-state index < -0.39 is 0 Å². The third-order valence-corrected chi connectivity index (χ3v) is 4.33. The number of rotatable bonds is 6. The first-order valence-corrected chi connectivity index (χ1v) is 8.67. The summed E-state index contributed by atoms with van der Waals surface area (Å²) < 4.78 is 12.4. The van der Waals surface area contributed by atoms with Crippen molar-refractivity contribution in [3.05, 3.63) is 51.2 Å². The average Bonchev–Trinajstić information content (AvgIpc) is 2.48. The van der Waals surface area contributed by atoms with Gasteiger partial charge in [0, 0.05) is 23.3 Å². The van der Waals surface area contributed by atoms with Crippen LogP contribution in [0.5, 0.6) is 11.5 Å².